The van der Waals surface area contributed by atoms with Crippen molar-refractivity contribution in [2.75, 3.05) is 52.4 Å². The van der Waals surface area contributed by atoms with Crippen molar-refractivity contribution in [1.82, 2.24) is 29.4 Å². The van der Waals surface area contributed by atoms with Crippen molar-refractivity contribution in [3.8, 4) is 11.7 Å². The van der Waals surface area contributed by atoms with Gasteiger partial charge in [-0.25, -0.2) is 18.8 Å². The molecule has 0 amide bonds. The van der Waals surface area contributed by atoms with Crippen LogP contribution in [0, 0.1) is 0 Å². The van der Waals surface area contributed by atoms with Crippen molar-refractivity contribution in [3.63, 3.8) is 0 Å². The van der Waals surface area contributed by atoms with E-state index < -0.39 is 17.8 Å². The molecule has 0 aliphatic carbocycles. The molecule has 2 aromatic heterocycles. The minimum absolute atomic E-state index is 0.00634. The molecule has 1 atom stereocenters. The second-order valence-corrected chi connectivity index (χ2v) is 8.75. The maximum Gasteiger partial charge on any atom is 0.296 e. The Hall–Kier alpha value is -3.71. The van der Waals surface area contributed by atoms with Gasteiger partial charge < -0.3 is 25.0 Å². The number of hydrogen-bond donors (Lipinski definition) is 1. The minimum atomic E-state index is -2.89. The zero-order chi connectivity index (χ0) is 25.4. The Balaban J connectivity index is 1.70. The summed E-state index contributed by atoms with van der Waals surface area (Å²) in [5.74, 6) is 1.16. The fourth-order valence-electron chi connectivity index (χ4n) is 4.17. The maximum absolute atomic E-state index is 14.2. The molecule has 36 heavy (non-hydrogen) atoms. The molecule has 2 aliphatic rings. The van der Waals surface area contributed by atoms with Gasteiger partial charge in [0.25, 0.3) is 6.43 Å². The van der Waals surface area contributed by atoms with Crippen molar-refractivity contribution >= 4 is 23.2 Å². The number of aliphatic imine (C=N–C) groups is 1. The zero-order valence-electron chi connectivity index (χ0n) is 20.2. The average Bonchev–Trinajstić information content (AvgIpc) is 3.29. The number of anilines is 1. The third-order valence-electron chi connectivity index (χ3n) is 6.12. The molecule has 4 heterocycles. The lowest BCUT2D eigenvalue weighted by atomic mass is 9.95. The molecule has 0 spiro atoms. The Kier molecular flexibility index (Phi) is 6.26. The normalized spacial score (nSPS) is 20.2. The van der Waals surface area contributed by atoms with Gasteiger partial charge in [0, 0.05) is 33.4 Å². The van der Waals surface area contributed by atoms with Crippen LogP contribution in [0.4, 0.5) is 14.7 Å². The van der Waals surface area contributed by atoms with Gasteiger partial charge in [0.15, 0.2) is 11.6 Å². The van der Waals surface area contributed by atoms with Gasteiger partial charge in [-0.2, -0.15) is 15.0 Å². The van der Waals surface area contributed by atoms with E-state index in [0.29, 0.717) is 49.9 Å². The molecular weight excluding hydrogens is 472 g/mol. The molecule has 1 unspecified atom stereocenters. The number of methoxy groups -OCH3 is 1. The number of halogens is 2. The smallest absolute Gasteiger partial charge is 0.296 e. The summed E-state index contributed by atoms with van der Waals surface area (Å²) in [4.78, 5) is 26.3. The summed E-state index contributed by atoms with van der Waals surface area (Å²) >= 11 is 0. The molecule has 3 aromatic rings. The van der Waals surface area contributed by atoms with Gasteiger partial charge in [0.05, 0.1) is 25.8 Å². The van der Waals surface area contributed by atoms with E-state index in [9.17, 15) is 8.78 Å². The van der Waals surface area contributed by atoms with E-state index in [0.717, 1.165) is 5.82 Å². The quantitative estimate of drug-likeness (QED) is 0.543. The first-order valence-corrected chi connectivity index (χ1v) is 11.5. The molecule has 1 saturated heterocycles. The van der Waals surface area contributed by atoms with Gasteiger partial charge in [0.2, 0.25) is 11.9 Å². The fraction of sp³-hybridized carbons (Fsp3) is 0.435. The van der Waals surface area contributed by atoms with E-state index in [1.807, 2.05) is 30.0 Å². The van der Waals surface area contributed by atoms with Crippen LogP contribution < -0.4 is 15.4 Å². The molecule has 5 rings (SSSR count). The Morgan fingerprint density at radius 2 is 1.86 bits per heavy atom. The number of imidazole rings is 1. The van der Waals surface area contributed by atoms with E-state index in [1.165, 1.54) is 11.7 Å². The monoisotopic (exact) mass is 499 g/mol. The number of rotatable bonds is 6. The van der Waals surface area contributed by atoms with Crippen molar-refractivity contribution < 1.29 is 18.3 Å². The fourth-order valence-corrected chi connectivity index (χ4v) is 4.17. The van der Waals surface area contributed by atoms with E-state index in [1.54, 1.807) is 24.4 Å². The number of nitrogens with two attached hydrogens (primary N) is 1. The molecule has 0 saturated carbocycles. The molecule has 11 nitrogen and oxygen atoms in total. The van der Waals surface area contributed by atoms with Gasteiger partial charge in [-0.1, -0.05) is 6.07 Å². The van der Waals surface area contributed by atoms with Crippen LogP contribution in [0.1, 0.15) is 24.5 Å². The van der Waals surface area contributed by atoms with Crippen molar-refractivity contribution in [3.05, 3.63) is 41.7 Å². The lowest BCUT2D eigenvalue weighted by molar-refractivity contribution is 0.122. The predicted molar refractivity (Wildman–Crippen MR) is 130 cm³/mol. The van der Waals surface area contributed by atoms with Crippen molar-refractivity contribution in [2.24, 2.45) is 10.7 Å². The zero-order valence-corrected chi connectivity index (χ0v) is 20.2. The highest BCUT2D eigenvalue weighted by Crippen LogP contribution is 2.33. The van der Waals surface area contributed by atoms with Gasteiger partial charge in [0.1, 0.15) is 22.6 Å². The number of morpholine rings is 1. The Bertz CT molecular complexity index is 1330. The molecule has 0 radical (unpaired) electrons. The van der Waals surface area contributed by atoms with Crippen LogP contribution in [-0.2, 0) is 10.3 Å². The summed E-state index contributed by atoms with van der Waals surface area (Å²) in [7, 11) is 5.23. The highest BCUT2D eigenvalue weighted by Gasteiger charge is 2.34. The molecular formula is C23H27F2N9O2. The number of ether oxygens (including phenoxy) is 2. The van der Waals surface area contributed by atoms with E-state index in [-0.39, 0.29) is 17.3 Å². The number of nitrogens with zero attached hydrogens (tertiary/aromatic N) is 8. The third kappa shape index (κ3) is 4.24. The highest BCUT2D eigenvalue weighted by molar-refractivity contribution is 5.84. The largest absolute Gasteiger partial charge is 0.494 e. The number of hydrogen-bond acceptors (Lipinski definition) is 10. The third-order valence-corrected chi connectivity index (χ3v) is 6.12. The van der Waals surface area contributed by atoms with Crippen LogP contribution in [0.25, 0.3) is 17.0 Å². The number of aromatic nitrogens is 5. The lowest BCUT2D eigenvalue weighted by Crippen LogP contribution is -2.43. The van der Waals surface area contributed by atoms with Gasteiger partial charge in [-0.15, -0.1) is 0 Å². The summed E-state index contributed by atoms with van der Waals surface area (Å²) in [6.45, 7) is 2.07. The second kappa shape index (κ2) is 9.39. The molecule has 190 valence electrons. The molecule has 2 aliphatic heterocycles. The summed E-state index contributed by atoms with van der Waals surface area (Å²) in [6.07, 6.45) is 0.965. The number of alkyl halides is 2. The first kappa shape index (κ1) is 24.0. The first-order valence-electron chi connectivity index (χ1n) is 11.5. The number of fused-ring (bicyclic) bond motifs is 1. The predicted octanol–water partition coefficient (Wildman–Crippen LogP) is 2.02. The summed E-state index contributed by atoms with van der Waals surface area (Å²) in [5, 5.41) is 0. The van der Waals surface area contributed by atoms with Crippen LogP contribution in [0.15, 0.2) is 35.1 Å². The average molecular weight is 500 g/mol. The summed E-state index contributed by atoms with van der Waals surface area (Å²) < 4.78 is 40.5. The number of benzene rings is 1. The van der Waals surface area contributed by atoms with Crippen molar-refractivity contribution in [2.45, 2.75) is 18.4 Å². The van der Waals surface area contributed by atoms with Crippen LogP contribution in [-0.4, -0.2) is 83.1 Å². The van der Waals surface area contributed by atoms with E-state index in [2.05, 4.69) is 24.9 Å². The van der Waals surface area contributed by atoms with Crippen molar-refractivity contribution in [1.29, 1.82) is 0 Å². The van der Waals surface area contributed by atoms with Crippen LogP contribution in [0.3, 0.4) is 0 Å². The van der Waals surface area contributed by atoms with Crippen LogP contribution in [0.5, 0.6) is 5.75 Å². The van der Waals surface area contributed by atoms with Gasteiger partial charge >= 0.3 is 0 Å². The van der Waals surface area contributed by atoms with Crippen LogP contribution in [0.2, 0.25) is 0 Å². The first-order chi connectivity index (χ1) is 17.3. The Morgan fingerprint density at radius 1 is 1.11 bits per heavy atom. The maximum atomic E-state index is 14.2. The minimum Gasteiger partial charge on any atom is -0.494 e. The van der Waals surface area contributed by atoms with Gasteiger partial charge in [-0.05, 0) is 24.6 Å². The summed E-state index contributed by atoms with van der Waals surface area (Å²) in [5.41, 5.74) is 6.23. The highest BCUT2D eigenvalue weighted by atomic mass is 19.3. The Morgan fingerprint density at radius 3 is 2.50 bits per heavy atom. The molecule has 0 bridgehead atoms. The molecule has 2 N–H and O–H groups in total. The van der Waals surface area contributed by atoms with E-state index in [4.69, 9.17) is 15.2 Å². The van der Waals surface area contributed by atoms with E-state index >= 15 is 0 Å². The second-order valence-electron chi connectivity index (χ2n) is 8.75. The lowest BCUT2D eigenvalue weighted by Gasteiger charge is -2.30. The summed E-state index contributed by atoms with van der Waals surface area (Å²) in [6, 6.07) is 5.03. The molecule has 1 fully saturated rings. The standard InChI is InChI=1S/C23H27F2N9O2/c1-32(2)16-7-8-23(26,13-27-16)20-29-21(33-9-11-36-12-10-33)31-22(30-20)34-14-5-4-6-15(35-3)17(14)28-19(34)18(24)25/h4-7,13,18H,8-12,26H2,1-3H3. The molecule has 13 heteroatoms. The topological polar surface area (TPSA) is 120 Å². The SMILES string of the molecule is COc1cccc2c1nc(C(F)F)n2-c1nc(N2CCOCC2)nc(C2(N)C=NC(N(C)C)=CC2)n1. The number of para-hydroxylation sites is 1. The van der Waals surface area contributed by atoms with Crippen LogP contribution >= 0.6 is 0 Å². The Labute approximate surface area is 206 Å². The van der Waals surface area contributed by atoms with Gasteiger partial charge in [-0.3, -0.25) is 4.57 Å². The molecule has 1 aromatic carbocycles.